The lowest BCUT2D eigenvalue weighted by Crippen LogP contribution is -2.11. The number of fused-ring (bicyclic) bond motifs is 1. The van der Waals surface area contributed by atoms with Crippen LogP contribution >= 0.6 is 0 Å². The van der Waals surface area contributed by atoms with Gasteiger partial charge < -0.3 is 0 Å². The second-order valence-corrected chi connectivity index (χ2v) is 4.21. The van der Waals surface area contributed by atoms with E-state index in [1.165, 1.54) is 16.8 Å². The number of nitrogens with zero attached hydrogens (tertiary/aromatic N) is 1. The molecule has 0 radical (unpaired) electrons. The average Bonchev–Trinajstić information content (AvgIpc) is 2.60. The van der Waals surface area contributed by atoms with Gasteiger partial charge in [-0.25, -0.2) is 0 Å². The number of aromatic nitrogens is 1. The number of rotatable bonds is 0. The largest absolute Gasteiger partial charge is 0.261 e. The molecule has 0 bridgehead atoms. The average molecular weight is 147 g/mol. The van der Waals surface area contributed by atoms with Crippen molar-refractivity contribution >= 4 is 0 Å². The van der Waals surface area contributed by atoms with Gasteiger partial charge in [0.25, 0.3) is 0 Å². The molecule has 1 aliphatic rings. The molecule has 11 heavy (non-hydrogen) atoms. The van der Waals surface area contributed by atoms with Gasteiger partial charge in [-0.3, -0.25) is 4.98 Å². The Morgan fingerprint density at radius 1 is 1.36 bits per heavy atom. The molecule has 0 unspecified atom stereocenters. The van der Waals surface area contributed by atoms with Crippen molar-refractivity contribution in [2.24, 2.45) is 0 Å². The van der Waals surface area contributed by atoms with Crippen molar-refractivity contribution in [3.05, 3.63) is 29.1 Å². The molecule has 0 saturated heterocycles. The van der Waals surface area contributed by atoms with E-state index >= 15 is 0 Å². The van der Waals surface area contributed by atoms with Gasteiger partial charge in [0.2, 0.25) is 0 Å². The van der Waals surface area contributed by atoms with E-state index in [4.69, 9.17) is 0 Å². The minimum absolute atomic E-state index is 0.295. The quantitative estimate of drug-likeness (QED) is 0.557. The first-order valence-corrected chi connectivity index (χ1v) is 4.06. The SMILES string of the molecule is CC(C)(C)c1ccnc2c1C2. The van der Waals surface area contributed by atoms with Crippen LogP contribution in [0.1, 0.15) is 37.6 Å². The molecule has 0 aromatic carbocycles. The smallest absolute Gasteiger partial charge is 0.0487 e. The molecule has 2 rings (SSSR count). The second kappa shape index (κ2) is 1.84. The van der Waals surface area contributed by atoms with Gasteiger partial charge >= 0.3 is 0 Å². The summed E-state index contributed by atoms with van der Waals surface area (Å²) in [6, 6.07) is 2.14. The first-order chi connectivity index (χ1) is 5.09. The molecule has 1 aliphatic carbocycles. The Morgan fingerprint density at radius 3 is 2.64 bits per heavy atom. The van der Waals surface area contributed by atoms with Crippen molar-refractivity contribution in [2.75, 3.05) is 0 Å². The minimum atomic E-state index is 0.295. The van der Waals surface area contributed by atoms with E-state index < -0.39 is 0 Å². The Balaban J connectivity index is 2.50. The summed E-state index contributed by atoms with van der Waals surface area (Å²) >= 11 is 0. The van der Waals surface area contributed by atoms with Gasteiger partial charge in [-0.05, 0) is 22.6 Å². The Kier molecular flexibility index (Phi) is 1.15. The fourth-order valence-electron chi connectivity index (χ4n) is 1.50. The summed E-state index contributed by atoms with van der Waals surface area (Å²) in [6.45, 7) is 6.75. The van der Waals surface area contributed by atoms with Crippen LogP contribution in [0.25, 0.3) is 0 Å². The monoisotopic (exact) mass is 147 g/mol. The standard InChI is InChI=1S/C10H13N/c1-10(2,3)8-4-5-11-9-6-7(8)9/h4-5H,6H2,1-3H3. The van der Waals surface area contributed by atoms with Gasteiger partial charge in [-0.15, -0.1) is 0 Å². The van der Waals surface area contributed by atoms with E-state index in [0.717, 1.165) is 6.42 Å². The predicted octanol–water partition coefficient (Wildman–Crippen LogP) is 2.28. The van der Waals surface area contributed by atoms with Crippen molar-refractivity contribution in [3.63, 3.8) is 0 Å². The Morgan fingerprint density at radius 2 is 2.09 bits per heavy atom. The highest BCUT2D eigenvalue weighted by atomic mass is 14.7. The Bertz CT molecular complexity index is 294. The lowest BCUT2D eigenvalue weighted by molar-refractivity contribution is 0.588. The van der Waals surface area contributed by atoms with Gasteiger partial charge in [-0.1, -0.05) is 20.8 Å². The van der Waals surface area contributed by atoms with E-state index in [1.54, 1.807) is 0 Å². The van der Waals surface area contributed by atoms with Crippen molar-refractivity contribution in [1.82, 2.24) is 4.98 Å². The summed E-state index contributed by atoms with van der Waals surface area (Å²) < 4.78 is 0. The first kappa shape index (κ1) is 6.84. The molecule has 1 heterocycles. The van der Waals surface area contributed by atoms with E-state index in [0.29, 0.717) is 5.41 Å². The van der Waals surface area contributed by atoms with E-state index in [-0.39, 0.29) is 0 Å². The third-order valence-corrected chi connectivity index (χ3v) is 2.17. The lowest BCUT2D eigenvalue weighted by atomic mass is 9.87. The number of pyridine rings is 1. The van der Waals surface area contributed by atoms with Crippen molar-refractivity contribution < 1.29 is 0 Å². The van der Waals surface area contributed by atoms with E-state index in [1.807, 2.05) is 6.20 Å². The third-order valence-electron chi connectivity index (χ3n) is 2.17. The number of hydrogen-bond acceptors (Lipinski definition) is 1. The molecule has 0 saturated carbocycles. The van der Waals surface area contributed by atoms with Crippen LogP contribution in [0.2, 0.25) is 0 Å². The molecule has 0 fully saturated rings. The highest BCUT2D eigenvalue weighted by Gasteiger charge is 2.28. The first-order valence-electron chi connectivity index (χ1n) is 4.06. The van der Waals surface area contributed by atoms with Crippen LogP contribution in [0, 0.1) is 0 Å². The fraction of sp³-hybridized carbons (Fsp3) is 0.500. The van der Waals surface area contributed by atoms with Gasteiger partial charge in [0.1, 0.15) is 0 Å². The summed E-state index contributed by atoms with van der Waals surface area (Å²) in [5.74, 6) is 0. The maximum absolute atomic E-state index is 4.25. The molecular formula is C10H13N. The summed E-state index contributed by atoms with van der Waals surface area (Å²) in [7, 11) is 0. The van der Waals surface area contributed by atoms with E-state index in [9.17, 15) is 0 Å². The molecule has 0 atom stereocenters. The summed E-state index contributed by atoms with van der Waals surface area (Å²) in [6.07, 6.45) is 3.05. The molecular weight excluding hydrogens is 134 g/mol. The van der Waals surface area contributed by atoms with Crippen LogP contribution in [0.3, 0.4) is 0 Å². The maximum Gasteiger partial charge on any atom is 0.0487 e. The van der Waals surface area contributed by atoms with Crippen molar-refractivity contribution in [3.8, 4) is 0 Å². The van der Waals surface area contributed by atoms with Gasteiger partial charge in [-0.2, -0.15) is 0 Å². The Labute approximate surface area is 67.5 Å². The molecule has 0 aliphatic heterocycles. The fourth-order valence-corrected chi connectivity index (χ4v) is 1.50. The zero-order valence-electron chi connectivity index (χ0n) is 7.31. The molecule has 1 aromatic heterocycles. The molecule has 0 spiro atoms. The van der Waals surface area contributed by atoms with Gasteiger partial charge in [0.15, 0.2) is 0 Å². The van der Waals surface area contributed by atoms with Gasteiger partial charge in [0, 0.05) is 18.3 Å². The van der Waals surface area contributed by atoms with Crippen molar-refractivity contribution in [1.29, 1.82) is 0 Å². The zero-order valence-corrected chi connectivity index (χ0v) is 7.31. The highest BCUT2D eigenvalue weighted by molar-refractivity contribution is 5.48. The number of hydrogen-bond donors (Lipinski definition) is 0. The predicted molar refractivity (Wildman–Crippen MR) is 45.7 cm³/mol. The molecule has 0 amide bonds. The highest BCUT2D eigenvalue weighted by Crippen LogP contribution is 2.35. The van der Waals surface area contributed by atoms with Crippen molar-refractivity contribution in [2.45, 2.75) is 32.6 Å². The van der Waals surface area contributed by atoms with Crippen LogP contribution in [0.15, 0.2) is 12.3 Å². The van der Waals surface area contributed by atoms with Gasteiger partial charge in [0.05, 0.1) is 0 Å². The molecule has 1 nitrogen and oxygen atoms in total. The lowest BCUT2D eigenvalue weighted by Gasteiger charge is -2.18. The molecule has 0 N–H and O–H groups in total. The third kappa shape index (κ3) is 1.05. The second-order valence-electron chi connectivity index (χ2n) is 4.21. The van der Waals surface area contributed by atoms with Crippen LogP contribution in [0.4, 0.5) is 0 Å². The Hall–Kier alpha value is -0.850. The minimum Gasteiger partial charge on any atom is -0.261 e. The zero-order chi connectivity index (χ0) is 8.06. The van der Waals surface area contributed by atoms with Crippen LogP contribution in [0.5, 0.6) is 0 Å². The van der Waals surface area contributed by atoms with Crippen LogP contribution < -0.4 is 0 Å². The maximum atomic E-state index is 4.25. The van der Waals surface area contributed by atoms with Crippen LogP contribution in [-0.2, 0) is 11.8 Å². The van der Waals surface area contributed by atoms with E-state index in [2.05, 4.69) is 31.8 Å². The summed E-state index contributed by atoms with van der Waals surface area (Å²) in [4.78, 5) is 4.25. The normalized spacial score (nSPS) is 14.5. The topological polar surface area (TPSA) is 12.9 Å². The molecule has 58 valence electrons. The molecule has 1 aromatic rings. The summed E-state index contributed by atoms with van der Waals surface area (Å²) in [5, 5.41) is 0. The summed E-state index contributed by atoms with van der Waals surface area (Å²) in [5.41, 5.74) is 4.56. The van der Waals surface area contributed by atoms with Crippen LogP contribution in [-0.4, -0.2) is 4.98 Å². The molecule has 1 heteroatoms.